The summed E-state index contributed by atoms with van der Waals surface area (Å²) in [5, 5.41) is 7.24. The Morgan fingerprint density at radius 2 is 1.87 bits per heavy atom. The normalized spacial score (nSPS) is 20.0. The second kappa shape index (κ2) is 6.91. The summed E-state index contributed by atoms with van der Waals surface area (Å²) in [5.41, 5.74) is 4.48. The van der Waals surface area contributed by atoms with E-state index >= 15 is 0 Å². The molecule has 1 aliphatic rings. The summed E-state index contributed by atoms with van der Waals surface area (Å²) >= 11 is 12.2. The summed E-state index contributed by atoms with van der Waals surface area (Å²) in [5.74, 6) is 0.287. The highest BCUT2D eigenvalue weighted by molar-refractivity contribution is 6.42. The van der Waals surface area contributed by atoms with Crippen molar-refractivity contribution in [3.05, 3.63) is 63.1 Å². The topological polar surface area (TPSA) is 41.1 Å². The Bertz CT molecular complexity index is 733. The Kier molecular flexibility index (Phi) is 4.90. The molecule has 0 saturated heterocycles. The van der Waals surface area contributed by atoms with E-state index in [0.717, 1.165) is 18.5 Å². The van der Waals surface area contributed by atoms with Crippen LogP contribution in [0.15, 0.2) is 36.4 Å². The van der Waals surface area contributed by atoms with Gasteiger partial charge >= 0.3 is 0 Å². The van der Waals surface area contributed by atoms with E-state index in [9.17, 15) is 4.79 Å². The van der Waals surface area contributed by atoms with Gasteiger partial charge < -0.3 is 10.6 Å². The van der Waals surface area contributed by atoms with E-state index in [0.29, 0.717) is 16.5 Å². The zero-order chi connectivity index (χ0) is 16.4. The van der Waals surface area contributed by atoms with Crippen molar-refractivity contribution in [1.29, 1.82) is 0 Å². The number of rotatable bonds is 4. The maximum atomic E-state index is 10.7. The Morgan fingerprint density at radius 3 is 2.57 bits per heavy atom. The molecule has 3 nitrogen and oxygen atoms in total. The Balaban J connectivity index is 2.05. The van der Waals surface area contributed by atoms with Crippen LogP contribution in [0.25, 0.3) is 0 Å². The number of halogens is 2. The molecule has 2 aromatic carbocycles. The molecule has 2 atom stereocenters. The molecule has 0 radical (unpaired) electrons. The molecule has 0 aliphatic heterocycles. The van der Waals surface area contributed by atoms with Crippen molar-refractivity contribution in [1.82, 2.24) is 5.32 Å². The van der Waals surface area contributed by atoms with Crippen molar-refractivity contribution in [2.45, 2.75) is 24.8 Å². The van der Waals surface area contributed by atoms with Gasteiger partial charge in [-0.1, -0.05) is 35.3 Å². The standard InChI is InChI=1S/C18H18Cl2N2O/c1-21-18-7-5-13(11-2-6-16(19)17(20)8-11)14-4-3-12(22-10-23)9-15(14)18/h2-4,6,8-10,13,18,21H,5,7H2,1H3,(H,22,23)/t13-,18?/m0/s1. The maximum absolute atomic E-state index is 10.7. The first-order chi connectivity index (χ1) is 11.1. The molecule has 0 aromatic heterocycles. The van der Waals surface area contributed by atoms with E-state index in [1.165, 1.54) is 16.7 Å². The van der Waals surface area contributed by atoms with Crippen molar-refractivity contribution in [3.8, 4) is 0 Å². The molecule has 1 aliphatic carbocycles. The second-order valence-corrected chi connectivity index (χ2v) is 6.57. The molecule has 0 spiro atoms. The van der Waals surface area contributed by atoms with E-state index in [1.807, 2.05) is 31.3 Å². The van der Waals surface area contributed by atoms with Gasteiger partial charge in [-0.3, -0.25) is 4.79 Å². The lowest BCUT2D eigenvalue weighted by Gasteiger charge is -2.32. The number of carbonyl (C=O) groups excluding carboxylic acids is 1. The Hall–Kier alpha value is -1.55. The van der Waals surface area contributed by atoms with E-state index in [4.69, 9.17) is 23.2 Å². The molecule has 3 rings (SSSR count). The van der Waals surface area contributed by atoms with Crippen LogP contribution >= 0.6 is 23.2 Å². The largest absolute Gasteiger partial charge is 0.329 e. The minimum atomic E-state index is 0.287. The predicted molar refractivity (Wildman–Crippen MR) is 95.5 cm³/mol. The minimum absolute atomic E-state index is 0.287. The fraction of sp³-hybridized carbons (Fsp3) is 0.278. The summed E-state index contributed by atoms with van der Waals surface area (Å²) in [7, 11) is 1.97. The SMILES string of the molecule is CNC1CC[C@@H](c2ccc(Cl)c(Cl)c2)c2ccc(NC=O)cc21. The summed E-state index contributed by atoms with van der Waals surface area (Å²) in [6.07, 6.45) is 2.77. The van der Waals surface area contributed by atoms with Gasteiger partial charge in [0.25, 0.3) is 0 Å². The zero-order valence-electron chi connectivity index (χ0n) is 12.8. The molecule has 1 unspecified atom stereocenters. The summed E-state index contributed by atoms with van der Waals surface area (Å²) < 4.78 is 0. The van der Waals surface area contributed by atoms with Gasteiger partial charge in [0, 0.05) is 17.6 Å². The van der Waals surface area contributed by atoms with E-state index in [1.54, 1.807) is 0 Å². The van der Waals surface area contributed by atoms with Crippen molar-refractivity contribution in [2.24, 2.45) is 0 Å². The van der Waals surface area contributed by atoms with Crippen LogP contribution in [0.2, 0.25) is 10.0 Å². The third-order valence-electron chi connectivity index (χ3n) is 4.50. The number of fused-ring (bicyclic) bond motifs is 1. The fourth-order valence-electron chi connectivity index (χ4n) is 3.37. The Labute approximate surface area is 146 Å². The predicted octanol–water partition coefficient (Wildman–Crippen LogP) is 4.75. The van der Waals surface area contributed by atoms with Gasteiger partial charge in [0.15, 0.2) is 0 Å². The van der Waals surface area contributed by atoms with Crippen LogP contribution in [0.5, 0.6) is 0 Å². The third kappa shape index (κ3) is 3.23. The first-order valence-electron chi connectivity index (χ1n) is 7.60. The van der Waals surface area contributed by atoms with Crippen molar-refractivity contribution in [2.75, 3.05) is 12.4 Å². The summed E-state index contributed by atoms with van der Waals surface area (Å²) in [4.78, 5) is 10.7. The quantitative estimate of drug-likeness (QED) is 0.783. The average molecular weight is 349 g/mol. The fourth-order valence-corrected chi connectivity index (χ4v) is 3.68. The highest BCUT2D eigenvalue weighted by Crippen LogP contribution is 2.43. The van der Waals surface area contributed by atoms with Crippen LogP contribution in [0.4, 0.5) is 5.69 Å². The number of anilines is 1. The Morgan fingerprint density at radius 1 is 1.04 bits per heavy atom. The number of hydrogen-bond donors (Lipinski definition) is 2. The van der Waals surface area contributed by atoms with E-state index in [-0.39, 0.29) is 12.0 Å². The maximum Gasteiger partial charge on any atom is 0.211 e. The lowest BCUT2D eigenvalue weighted by Crippen LogP contribution is -2.24. The lowest BCUT2D eigenvalue weighted by atomic mass is 9.76. The third-order valence-corrected chi connectivity index (χ3v) is 5.24. The van der Waals surface area contributed by atoms with Crippen molar-refractivity contribution >= 4 is 35.3 Å². The lowest BCUT2D eigenvalue weighted by molar-refractivity contribution is -0.105. The van der Waals surface area contributed by atoms with Crippen LogP contribution in [0.1, 0.15) is 41.5 Å². The van der Waals surface area contributed by atoms with Gasteiger partial charge in [-0.2, -0.15) is 0 Å². The monoisotopic (exact) mass is 348 g/mol. The summed E-state index contributed by atoms with van der Waals surface area (Å²) in [6.45, 7) is 0. The molecular formula is C18H18Cl2N2O. The van der Waals surface area contributed by atoms with E-state index in [2.05, 4.69) is 22.8 Å². The molecule has 2 aromatic rings. The van der Waals surface area contributed by atoms with Crippen molar-refractivity contribution < 1.29 is 4.79 Å². The molecule has 2 N–H and O–H groups in total. The molecule has 0 heterocycles. The number of amides is 1. The van der Waals surface area contributed by atoms with Crippen LogP contribution < -0.4 is 10.6 Å². The van der Waals surface area contributed by atoms with Gasteiger partial charge in [0.2, 0.25) is 6.41 Å². The smallest absolute Gasteiger partial charge is 0.211 e. The molecule has 0 saturated carbocycles. The number of carbonyl (C=O) groups is 1. The van der Waals surface area contributed by atoms with Crippen molar-refractivity contribution in [3.63, 3.8) is 0 Å². The average Bonchev–Trinajstić information content (AvgIpc) is 2.56. The van der Waals surface area contributed by atoms with Gasteiger partial charge in [-0.15, -0.1) is 0 Å². The molecule has 23 heavy (non-hydrogen) atoms. The van der Waals surface area contributed by atoms with Crippen LogP contribution in [0.3, 0.4) is 0 Å². The van der Waals surface area contributed by atoms with Crippen LogP contribution in [-0.4, -0.2) is 13.5 Å². The number of benzene rings is 2. The molecule has 120 valence electrons. The molecule has 1 amide bonds. The molecule has 0 fully saturated rings. The first kappa shape index (κ1) is 16.3. The van der Waals surface area contributed by atoms with Crippen LogP contribution in [-0.2, 0) is 4.79 Å². The summed E-state index contributed by atoms with van der Waals surface area (Å²) in [6, 6.07) is 12.2. The van der Waals surface area contributed by atoms with E-state index < -0.39 is 0 Å². The zero-order valence-corrected chi connectivity index (χ0v) is 14.3. The molecule has 0 bridgehead atoms. The number of hydrogen-bond acceptors (Lipinski definition) is 2. The van der Waals surface area contributed by atoms with Crippen LogP contribution in [0, 0.1) is 0 Å². The minimum Gasteiger partial charge on any atom is -0.329 e. The van der Waals surface area contributed by atoms with Gasteiger partial charge in [-0.05, 0) is 60.8 Å². The second-order valence-electron chi connectivity index (χ2n) is 5.75. The highest BCUT2D eigenvalue weighted by atomic mass is 35.5. The van der Waals surface area contributed by atoms with Gasteiger partial charge in [0.1, 0.15) is 0 Å². The molecule has 5 heteroatoms. The molecular weight excluding hydrogens is 331 g/mol. The van der Waals surface area contributed by atoms with Gasteiger partial charge in [0.05, 0.1) is 10.0 Å². The first-order valence-corrected chi connectivity index (χ1v) is 8.36. The highest BCUT2D eigenvalue weighted by Gasteiger charge is 2.28. The number of nitrogens with one attached hydrogen (secondary N) is 2. The van der Waals surface area contributed by atoms with Gasteiger partial charge in [-0.25, -0.2) is 0 Å².